The van der Waals surface area contributed by atoms with Crippen molar-refractivity contribution in [3.8, 4) is 10.6 Å². The van der Waals surface area contributed by atoms with E-state index in [0.29, 0.717) is 9.98 Å². The van der Waals surface area contributed by atoms with Gasteiger partial charge in [0.2, 0.25) is 4.96 Å². The molecule has 1 fully saturated rings. The minimum absolute atomic E-state index is 0.153. The third kappa shape index (κ3) is 2.83. The molecule has 1 N–H and O–H groups in total. The van der Waals surface area contributed by atoms with E-state index in [2.05, 4.69) is 20.3 Å². The molecular formula is C15H14ClN5OS. The van der Waals surface area contributed by atoms with Crippen LogP contribution in [0.15, 0.2) is 35.1 Å². The molecule has 0 unspecified atom stereocenters. The average Bonchev–Trinajstić information content (AvgIpc) is 3.01. The van der Waals surface area contributed by atoms with Crippen molar-refractivity contribution in [3.05, 3.63) is 45.7 Å². The van der Waals surface area contributed by atoms with Crippen molar-refractivity contribution in [2.24, 2.45) is 0 Å². The number of hydrogen-bond donors (Lipinski definition) is 1. The summed E-state index contributed by atoms with van der Waals surface area (Å²) in [5.74, 6) is 0.725. The van der Waals surface area contributed by atoms with E-state index in [-0.39, 0.29) is 5.56 Å². The molecule has 118 valence electrons. The third-order valence-corrected chi connectivity index (χ3v) is 4.97. The fourth-order valence-electron chi connectivity index (χ4n) is 2.56. The number of nitrogens with zero attached hydrogens (tertiary/aromatic N) is 4. The van der Waals surface area contributed by atoms with Gasteiger partial charge in [0, 0.05) is 42.8 Å². The molecule has 1 saturated heterocycles. The minimum Gasteiger partial charge on any atom is -0.354 e. The largest absolute Gasteiger partial charge is 0.354 e. The van der Waals surface area contributed by atoms with Crippen molar-refractivity contribution in [1.82, 2.24) is 19.9 Å². The number of hydrogen-bond acceptors (Lipinski definition) is 6. The van der Waals surface area contributed by atoms with E-state index in [1.807, 2.05) is 24.3 Å². The Kier molecular flexibility index (Phi) is 3.76. The molecule has 1 aromatic carbocycles. The fourth-order valence-corrected chi connectivity index (χ4v) is 3.60. The van der Waals surface area contributed by atoms with E-state index in [1.54, 1.807) is 6.07 Å². The summed E-state index contributed by atoms with van der Waals surface area (Å²) in [6.45, 7) is 3.51. The molecule has 0 amide bonds. The van der Waals surface area contributed by atoms with Gasteiger partial charge in [-0.1, -0.05) is 35.1 Å². The van der Waals surface area contributed by atoms with E-state index in [9.17, 15) is 4.79 Å². The number of nitrogens with one attached hydrogen (secondary N) is 1. The van der Waals surface area contributed by atoms with Gasteiger partial charge in [0.15, 0.2) is 0 Å². The molecule has 8 heteroatoms. The topological polar surface area (TPSA) is 62.5 Å². The Labute approximate surface area is 141 Å². The molecule has 1 aliphatic rings. The van der Waals surface area contributed by atoms with Gasteiger partial charge >= 0.3 is 0 Å². The Balaban J connectivity index is 1.77. The van der Waals surface area contributed by atoms with Crippen molar-refractivity contribution >= 4 is 33.7 Å². The molecule has 6 nitrogen and oxygen atoms in total. The van der Waals surface area contributed by atoms with Gasteiger partial charge < -0.3 is 10.2 Å². The first-order valence-electron chi connectivity index (χ1n) is 7.33. The van der Waals surface area contributed by atoms with Crippen LogP contribution >= 0.6 is 22.9 Å². The summed E-state index contributed by atoms with van der Waals surface area (Å²) >= 11 is 7.32. The number of fused-ring (bicyclic) bond motifs is 1. The van der Waals surface area contributed by atoms with E-state index in [1.165, 1.54) is 15.9 Å². The molecular weight excluding hydrogens is 334 g/mol. The van der Waals surface area contributed by atoms with Crippen LogP contribution in [-0.2, 0) is 0 Å². The lowest BCUT2D eigenvalue weighted by atomic mass is 10.2. The lowest BCUT2D eigenvalue weighted by Gasteiger charge is -2.27. The van der Waals surface area contributed by atoms with Gasteiger partial charge in [0.25, 0.3) is 5.56 Å². The molecule has 0 spiro atoms. The third-order valence-electron chi connectivity index (χ3n) is 3.76. The average molecular weight is 348 g/mol. The first-order chi connectivity index (χ1) is 11.2. The zero-order valence-corrected chi connectivity index (χ0v) is 13.8. The first kappa shape index (κ1) is 14.6. The van der Waals surface area contributed by atoms with Gasteiger partial charge in [-0.25, -0.2) is 4.98 Å². The molecule has 3 aromatic rings. The number of rotatable bonds is 2. The van der Waals surface area contributed by atoms with Crippen molar-refractivity contribution in [2.75, 3.05) is 31.1 Å². The smallest absolute Gasteiger partial charge is 0.277 e. The predicted octanol–water partition coefficient (Wildman–Crippen LogP) is 1.88. The van der Waals surface area contributed by atoms with Crippen LogP contribution in [0.1, 0.15) is 0 Å². The van der Waals surface area contributed by atoms with Crippen molar-refractivity contribution in [3.63, 3.8) is 0 Å². The highest BCUT2D eigenvalue weighted by molar-refractivity contribution is 7.19. The van der Waals surface area contributed by atoms with Crippen molar-refractivity contribution < 1.29 is 0 Å². The number of aromatic nitrogens is 3. The highest BCUT2D eigenvalue weighted by Crippen LogP contribution is 2.26. The summed E-state index contributed by atoms with van der Waals surface area (Å²) in [5.41, 5.74) is 0.771. The zero-order chi connectivity index (χ0) is 15.8. The molecule has 0 radical (unpaired) electrons. The molecule has 4 rings (SSSR count). The normalized spacial score (nSPS) is 15.3. The first-order valence-corrected chi connectivity index (χ1v) is 8.53. The van der Waals surface area contributed by atoms with Crippen LogP contribution in [0.4, 0.5) is 5.82 Å². The minimum atomic E-state index is -0.153. The number of halogens is 1. The summed E-state index contributed by atoms with van der Waals surface area (Å²) in [6, 6.07) is 8.96. The maximum Gasteiger partial charge on any atom is 0.277 e. The van der Waals surface area contributed by atoms with Crippen LogP contribution in [0.5, 0.6) is 0 Å². The molecule has 1 aliphatic heterocycles. The lowest BCUT2D eigenvalue weighted by molar-refractivity contribution is 0.584. The standard InChI is InChI=1S/C15H14ClN5OS/c16-11-3-1-10(2-4-11)14-19-21-13(22)9-12(18-15(21)23-14)20-7-5-17-6-8-20/h1-4,9,17H,5-8H2. The van der Waals surface area contributed by atoms with Crippen molar-refractivity contribution in [1.29, 1.82) is 0 Å². The summed E-state index contributed by atoms with van der Waals surface area (Å²) in [5, 5.41) is 9.10. The highest BCUT2D eigenvalue weighted by Gasteiger charge is 2.16. The second kappa shape index (κ2) is 5.92. The molecule has 3 heterocycles. The van der Waals surface area contributed by atoms with Gasteiger partial charge in [-0.3, -0.25) is 4.79 Å². The van der Waals surface area contributed by atoms with Crippen LogP contribution in [0.25, 0.3) is 15.5 Å². The SMILES string of the molecule is O=c1cc(N2CCNCC2)nc2sc(-c3ccc(Cl)cc3)nn12. The van der Waals surface area contributed by atoms with Gasteiger partial charge in [-0.2, -0.15) is 9.61 Å². The molecule has 0 bridgehead atoms. The monoisotopic (exact) mass is 347 g/mol. The van der Waals surface area contributed by atoms with E-state index < -0.39 is 0 Å². The highest BCUT2D eigenvalue weighted by atomic mass is 35.5. The Morgan fingerprint density at radius 3 is 2.65 bits per heavy atom. The number of benzene rings is 1. The number of piperazine rings is 1. The maximum atomic E-state index is 12.3. The zero-order valence-electron chi connectivity index (χ0n) is 12.2. The van der Waals surface area contributed by atoms with Gasteiger partial charge in [0.1, 0.15) is 10.8 Å². The van der Waals surface area contributed by atoms with Crippen molar-refractivity contribution in [2.45, 2.75) is 0 Å². The van der Waals surface area contributed by atoms with E-state index >= 15 is 0 Å². The summed E-state index contributed by atoms with van der Waals surface area (Å²) in [7, 11) is 0. The van der Waals surface area contributed by atoms with Crippen LogP contribution in [-0.4, -0.2) is 40.8 Å². The second-order valence-corrected chi connectivity index (χ2v) is 6.69. The van der Waals surface area contributed by atoms with Gasteiger partial charge in [-0.15, -0.1) is 0 Å². The van der Waals surface area contributed by atoms with Crippen LogP contribution in [0.2, 0.25) is 5.02 Å². The summed E-state index contributed by atoms with van der Waals surface area (Å²) in [6.07, 6.45) is 0. The van der Waals surface area contributed by atoms with Crippen LogP contribution < -0.4 is 15.8 Å². The van der Waals surface area contributed by atoms with E-state index in [4.69, 9.17) is 11.6 Å². The van der Waals surface area contributed by atoms with Gasteiger partial charge in [0.05, 0.1) is 0 Å². The Morgan fingerprint density at radius 1 is 1.17 bits per heavy atom. The van der Waals surface area contributed by atoms with Crippen LogP contribution in [0, 0.1) is 0 Å². The summed E-state index contributed by atoms with van der Waals surface area (Å²) < 4.78 is 1.36. The quantitative estimate of drug-likeness (QED) is 0.767. The molecule has 23 heavy (non-hydrogen) atoms. The van der Waals surface area contributed by atoms with E-state index in [0.717, 1.165) is 42.6 Å². The second-order valence-electron chi connectivity index (χ2n) is 5.30. The molecule has 0 saturated carbocycles. The lowest BCUT2D eigenvalue weighted by Crippen LogP contribution is -2.44. The molecule has 0 aliphatic carbocycles. The Hall–Kier alpha value is -1.96. The fraction of sp³-hybridized carbons (Fsp3) is 0.267. The van der Waals surface area contributed by atoms with Gasteiger partial charge in [-0.05, 0) is 12.1 Å². The molecule has 2 aromatic heterocycles. The number of anilines is 1. The predicted molar refractivity (Wildman–Crippen MR) is 92.7 cm³/mol. The Morgan fingerprint density at radius 2 is 1.91 bits per heavy atom. The Bertz CT molecular complexity index is 898. The maximum absolute atomic E-state index is 12.3. The van der Waals surface area contributed by atoms with Crippen LogP contribution in [0.3, 0.4) is 0 Å². The molecule has 0 atom stereocenters. The summed E-state index contributed by atoms with van der Waals surface area (Å²) in [4.78, 5) is 19.7.